The number of nitrogens with one attached hydrogen (secondary N) is 1. The molecule has 5 heterocycles. The number of nitrogens with two attached hydrogens (primary N) is 1. The van der Waals surface area contributed by atoms with Gasteiger partial charge in [0.1, 0.15) is 35.8 Å². The van der Waals surface area contributed by atoms with Crippen molar-refractivity contribution >= 4 is 52.4 Å². The van der Waals surface area contributed by atoms with Crippen LogP contribution < -0.4 is 20.7 Å². The number of hydrogen-bond acceptors (Lipinski definition) is 14. The highest BCUT2D eigenvalue weighted by atomic mass is 35.5. The Morgan fingerprint density at radius 3 is 2.27 bits per heavy atom. The lowest BCUT2D eigenvalue weighted by Gasteiger charge is -2.67. The van der Waals surface area contributed by atoms with Crippen molar-refractivity contribution in [2.45, 2.75) is 111 Å². The highest BCUT2D eigenvalue weighted by Gasteiger charge is 2.68. The fraction of sp³-hybridized carbons (Fsp3) is 0.554. The number of aliphatic hydroxyl groups excluding tert-OH is 2. The van der Waals surface area contributed by atoms with Crippen LogP contribution in [0.4, 0.5) is 5.82 Å². The van der Waals surface area contributed by atoms with Crippen molar-refractivity contribution in [1.82, 2.24) is 34.9 Å². The molecule has 17 nitrogen and oxygen atoms in total. The number of β-amino-alcohol motifs (C(OH)–C–C–N with tert-alkyl or cyclic N) is 1. The second-order valence-electron chi connectivity index (χ2n) is 23.2. The van der Waals surface area contributed by atoms with Gasteiger partial charge >= 0.3 is 0 Å². The van der Waals surface area contributed by atoms with E-state index in [4.69, 9.17) is 22.1 Å². The van der Waals surface area contributed by atoms with E-state index in [9.17, 15) is 25.1 Å². The Morgan fingerprint density at radius 2 is 1.68 bits per heavy atom. The third kappa shape index (κ3) is 11.8. The lowest BCUT2D eigenvalue weighted by Crippen LogP contribution is -2.79. The van der Waals surface area contributed by atoms with Gasteiger partial charge in [0, 0.05) is 81.4 Å². The fourth-order valence-corrected chi connectivity index (χ4v) is 13.5. The number of likely N-dealkylation sites (tertiary alicyclic amines) is 1. The first-order chi connectivity index (χ1) is 35.5. The number of pyridine rings is 1. The molecule has 2 aromatic carbocycles. The number of nitriles is 1. The summed E-state index contributed by atoms with van der Waals surface area (Å²) in [5.41, 5.74) is 8.16. The van der Waals surface area contributed by atoms with Gasteiger partial charge in [0.15, 0.2) is 0 Å². The van der Waals surface area contributed by atoms with Crippen molar-refractivity contribution < 1.29 is 34.1 Å². The summed E-state index contributed by atoms with van der Waals surface area (Å²) in [7, 11) is 0. The van der Waals surface area contributed by atoms with E-state index in [1.54, 1.807) is 34.7 Å². The number of rotatable bonds is 17. The Morgan fingerprint density at radius 1 is 0.987 bits per heavy atom. The minimum atomic E-state index is -1.08. The van der Waals surface area contributed by atoms with E-state index in [1.807, 2.05) is 85.7 Å². The van der Waals surface area contributed by atoms with Gasteiger partial charge in [0.05, 0.1) is 57.5 Å². The smallest absolute Gasteiger partial charge is 0.250 e. The van der Waals surface area contributed by atoms with Crippen LogP contribution in [0.2, 0.25) is 5.02 Å². The first-order valence-corrected chi connectivity index (χ1v) is 27.3. The molecule has 0 spiro atoms. The molecular weight excluding hydrogens is 992 g/mol. The molecule has 3 saturated heterocycles. The van der Waals surface area contributed by atoms with Crippen LogP contribution in [-0.2, 0) is 14.4 Å². The molecule has 4 aliphatic rings. The summed E-state index contributed by atoms with van der Waals surface area (Å²) in [5.74, 6) is 0.146. The van der Waals surface area contributed by atoms with Crippen LogP contribution in [0.1, 0.15) is 101 Å². The van der Waals surface area contributed by atoms with E-state index in [1.165, 1.54) is 22.4 Å². The van der Waals surface area contributed by atoms with Gasteiger partial charge in [-0.1, -0.05) is 84.3 Å². The number of aryl methyl sites for hydroxylation is 1. The number of ether oxygens (including phenoxy) is 1. The SMILES string of the molecule is Cc1ncsc1-c1ccc([C@H](CO)NC(=O)[C@@H]2C[C@@H](O)CN2C(=O)[C@@H](N(C(=O)CN2CCN(CCC3CCN(c4ccc(C(N)=O)cn4)C3)CC2)C2C(C)(C)C(Oc3ccc(C#N)c(Cl)c3)C2(C)C)C(C)(C)C)cc1. The van der Waals surface area contributed by atoms with Crippen molar-refractivity contribution in [3.63, 3.8) is 0 Å². The topological polar surface area (TPSA) is 222 Å². The number of hydrogen-bond donors (Lipinski definition) is 4. The minimum Gasteiger partial charge on any atom is -0.489 e. The van der Waals surface area contributed by atoms with Crippen LogP contribution >= 0.6 is 22.9 Å². The molecule has 402 valence electrons. The largest absolute Gasteiger partial charge is 0.489 e. The predicted molar refractivity (Wildman–Crippen MR) is 289 cm³/mol. The molecule has 1 aliphatic carbocycles. The summed E-state index contributed by atoms with van der Waals surface area (Å²) in [6.07, 6.45) is 2.13. The third-order valence-corrected chi connectivity index (χ3v) is 17.3. The van der Waals surface area contributed by atoms with Gasteiger partial charge in [-0.25, -0.2) is 9.97 Å². The van der Waals surface area contributed by atoms with Gasteiger partial charge in [-0.3, -0.25) is 24.1 Å². The molecule has 0 bridgehead atoms. The minimum absolute atomic E-state index is 0.0136. The molecule has 4 aromatic rings. The highest BCUT2D eigenvalue weighted by molar-refractivity contribution is 7.13. The number of nitrogens with zero attached hydrogens (tertiary/aromatic N) is 8. The number of aliphatic hydroxyl groups is 2. The average molecular weight is 1070 g/mol. The van der Waals surface area contributed by atoms with Crippen molar-refractivity contribution in [2.24, 2.45) is 27.9 Å². The van der Waals surface area contributed by atoms with Crippen LogP contribution in [0.25, 0.3) is 10.4 Å². The zero-order valence-corrected chi connectivity index (χ0v) is 46.0. The molecule has 5 atom stereocenters. The monoisotopic (exact) mass is 1060 g/mol. The molecule has 4 fully saturated rings. The molecule has 75 heavy (non-hydrogen) atoms. The summed E-state index contributed by atoms with van der Waals surface area (Å²) in [6, 6.07) is 14.7. The van der Waals surface area contributed by atoms with Gasteiger partial charge in [0.2, 0.25) is 23.6 Å². The molecule has 1 unspecified atom stereocenters. The number of thiazole rings is 1. The Balaban J connectivity index is 1.00. The van der Waals surface area contributed by atoms with Crippen LogP contribution in [0, 0.1) is 40.4 Å². The second kappa shape index (κ2) is 22.5. The zero-order valence-electron chi connectivity index (χ0n) is 44.5. The molecule has 8 rings (SSSR count). The van der Waals surface area contributed by atoms with Gasteiger partial charge in [-0.15, -0.1) is 11.3 Å². The number of benzene rings is 2. The van der Waals surface area contributed by atoms with E-state index >= 15 is 9.59 Å². The van der Waals surface area contributed by atoms with E-state index in [2.05, 4.69) is 36.1 Å². The van der Waals surface area contributed by atoms with E-state index < -0.39 is 76.9 Å². The Bertz CT molecular complexity index is 2730. The highest BCUT2D eigenvalue weighted by Crippen LogP contribution is 2.59. The molecule has 0 radical (unpaired) electrons. The number of anilines is 1. The van der Waals surface area contributed by atoms with Gasteiger partial charge in [0.25, 0.3) is 0 Å². The lowest BCUT2D eigenvalue weighted by molar-refractivity contribution is -0.225. The molecule has 5 N–H and O–H groups in total. The normalized spacial score (nSPS) is 23.5. The Labute approximate surface area is 450 Å². The average Bonchev–Trinajstić information content (AvgIpc) is 4.14. The van der Waals surface area contributed by atoms with E-state index in [0.29, 0.717) is 41.4 Å². The maximum atomic E-state index is 15.7. The van der Waals surface area contributed by atoms with Crippen molar-refractivity contribution in [3.8, 4) is 22.3 Å². The summed E-state index contributed by atoms with van der Waals surface area (Å²) in [4.78, 5) is 77.1. The first kappa shape index (κ1) is 55.5. The Hall–Kier alpha value is -5.68. The molecule has 19 heteroatoms. The fourth-order valence-electron chi connectivity index (χ4n) is 12.5. The van der Waals surface area contributed by atoms with Crippen molar-refractivity contribution in [3.05, 3.63) is 93.7 Å². The maximum Gasteiger partial charge on any atom is 0.250 e. The number of amides is 4. The summed E-state index contributed by atoms with van der Waals surface area (Å²) in [6.45, 7) is 21.0. The number of halogens is 1. The van der Waals surface area contributed by atoms with Crippen molar-refractivity contribution in [1.29, 1.82) is 5.26 Å². The summed E-state index contributed by atoms with van der Waals surface area (Å²) < 4.78 is 6.71. The zero-order chi connectivity index (χ0) is 54.1. The summed E-state index contributed by atoms with van der Waals surface area (Å²) in [5, 5.41) is 34.6. The van der Waals surface area contributed by atoms with Crippen molar-refractivity contribution in [2.75, 3.05) is 70.4 Å². The van der Waals surface area contributed by atoms with Crippen LogP contribution in [0.5, 0.6) is 5.75 Å². The number of aromatic nitrogens is 2. The van der Waals surface area contributed by atoms with Gasteiger partial charge in [-0.2, -0.15) is 5.26 Å². The molecule has 4 amide bonds. The standard InChI is InChI=1S/C56H73ClN10O7S/c1-34-47(75-33-61-34)37-11-9-36(10-12-37)43(32-68)62-50(72)44-25-40(69)30-66(44)51(73)48(54(2,3)4)67(52-55(5,6)53(56(52,7)8)74-41-15-13-38(27-58)42(57)26-41)46(70)31-64-23-21-63(22-24-64)19-17-35-18-20-65(29-35)45-16-14-39(28-60-45)49(59)71/h9-16,26,28,33,35,40,43-44,48,52-53,68-69H,17-25,29-32H2,1-8H3,(H2,59,71)(H,62,72)/t35?,40-,43+,44+,48-,52?,53?/m1/s1. The van der Waals surface area contributed by atoms with Crippen LogP contribution in [0.3, 0.4) is 0 Å². The number of carbonyl (C=O) groups is 4. The third-order valence-electron chi connectivity index (χ3n) is 16.0. The molecule has 1 saturated carbocycles. The van der Waals surface area contributed by atoms with Gasteiger partial charge in [-0.05, 0) is 73.0 Å². The molecule has 2 aromatic heterocycles. The Kier molecular flexibility index (Phi) is 16.7. The summed E-state index contributed by atoms with van der Waals surface area (Å²) >= 11 is 8.00. The van der Waals surface area contributed by atoms with E-state index in [-0.39, 0.29) is 30.4 Å². The van der Waals surface area contributed by atoms with Gasteiger partial charge < -0.3 is 45.6 Å². The van der Waals surface area contributed by atoms with E-state index in [0.717, 1.165) is 67.5 Å². The number of primary amides is 1. The molecular formula is C56H73ClN10O7S. The lowest BCUT2D eigenvalue weighted by atomic mass is 9.48. The number of piperazine rings is 1. The predicted octanol–water partition coefficient (Wildman–Crippen LogP) is 5.91. The van der Waals surface area contributed by atoms with Crippen LogP contribution in [0.15, 0.2) is 66.3 Å². The first-order valence-electron chi connectivity index (χ1n) is 26.0. The number of carbonyl (C=O) groups excluding carboxylic acids is 4. The molecule has 3 aliphatic heterocycles. The maximum absolute atomic E-state index is 15.7. The quantitative estimate of drug-likeness (QED) is 0.0968. The second-order valence-corrected chi connectivity index (χ2v) is 24.4. The van der Waals surface area contributed by atoms with Crippen LogP contribution in [-0.4, -0.2) is 159 Å².